The van der Waals surface area contributed by atoms with Gasteiger partial charge in [-0.05, 0) is 30.2 Å². The Balaban J connectivity index is 2.66. The number of hydrogen-bond donors (Lipinski definition) is 3. The van der Waals surface area contributed by atoms with E-state index >= 15 is 0 Å². The fourth-order valence-corrected chi connectivity index (χ4v) is 1.62. The molecule has 0 saturated carbocycles. The Morgan fingerprint density at radius 1 is 1.32 bits per heavy atom. The Morgan fingerprint density at radius 2 is 1.89 bits per heavy atom. The molecule has 0 saturated heterocycles. The minimum atomic E-state index is -0.971. The molecule has 1 aromatic carbocycles. The van der Waals surface area contributed by atoms with Crippen LogP contribution in [0.2, 0.25) is 5.02 Å². The standard InChI is InChI=1S/C14H18ClNO3/c1-2-14(9-17,10-18)16-13(19)8-5-11-3-6-12(15)7-4-11/h3-8,17-18H,2,9-10H2,1H3,(H,16,19)/b8-5+. The largest absolute Gasteiger partial charge is 0.394 e. The van der Waals surface area contributed by atoms with Crippen molar-refractivity contribution in [2.24, 2.45) is 0 Å². The second-order valence-electron chi connectivity index (χ2n) is 4.32. The van der Waals surface area contributed by atoms with Crippen LogP contribution in [0.3, 0.4) is 0 Å². The zero-order chi connectivity index (χ0) is 14.3. The van der Waals surface area contributed by atoms with Crippen molar-refractivity contribution in [3.63, 3.8) is 0 Å². The van der Waals surface area contributed by atoms with Crippen LogP contribution in [0, 0.1) is 0 Å². The summed E-state index contributed by atoms with van der Waals surface area (Å²) in [5, 5.41) is 21.7. The van der Waals surface area contributed by atoms with Gasteiger partial charge in [-0.1, -0.05) is 30.7 Å². The van der Waals surface area contributed by atoms with Gasteiger partial charge in [0.15, 0.2) is 0 Å². The molecule has 0 spiro atoms. The maximum absolute atomic E-state index is 11.7. The van der Waals surface area contributed by atoms with Gasteiger partial charge >= 0.3 is 0 Å². The number of nitrogens with one attached hydrogen (secondary N) is 1. The third-order valence-corrected chi connectivity index (χ3v) is 3.22. The SMILES string of the molecule is CCC(CO)(CO)NC(=O)/C=C/c1ccc(Cl)cc1. The van der Waals surface area contributed by atoms with Crippen LogP contribution in [0.4, 0.5) is 0 Å². The molecule has 0 unspecified atom stereocenters. The summed E-state index contributed by atoms with van der Waals surface area (Å²) in [5.41, 5.74) is -0.129. The average molecular weight is 284 g/mol. The lowest BCUT2D eigenvalue weighted by molar-refractivity contribution is -0.119. The lowest BCUT2D eigenvalue weighted by Gasteiger charge is -2.28. The van der Waals surface area contributed by atoms with Crippen molar-refractivity contribution in [3.05, 3.63) is 40.9 Å². The molecule has 5 heteroatoms. The summed E-state index contributed by atoms with van der Waals surface area (Å²) in [6, 6.07) is 7.04. The number of benzene rings is 1. The number of hydrogen-bond acceptors (Lipinski definition) is 3. The first kappa shape index (κ1) is 15.7. The Bertz CT molecular complexity index is 430. The number of aliphatic hydroxyl groups excluding tert-OH is 2. The number of aliphatic hydroxyl groups is 2. The van der Waals surface area contributed by atoms with Crippen molar-refractivity contribution < 1.29 is 15.0 Å². The molecule has 0 aliphatic carbocycles. The van der Waals surface area contributed by atoms with E-state index in [2.05, 4.69) is 5.32 Å². The summed E-state index contributed by atoms with van der Waals surface area (Å²) in [7, 11) is 0. The van der Waals surface area contributed by atoms with Crippen LogP contribution in [0.1, 0.15) is 18.9 Å². The fourth-order valence-electron chi connectivity index (χ4n) is 1.49. The van der Waals surface area contributed by atoms with Crippen LogP contribution < -0.4 is 5.32 Å². The third kappa shape index (κ3) is 4.67. The minimum Gasteiger partial charge on any atom is -0.394 e. The van der Waals surface area contributed by atoms with Crippen LogP contribution in [0.25, 0.3) is 6.08 Å². The second-order valence-corrected chi connectivity index (χ2v) is 4.76. The number of carbonyl (C=O) groups excluding carboxylic acids is 1. The van der Waals surface area contributed by atoms with Crippen molar-refractivity contribution in [3.8, 4) is 0 Å². The molecule has 104 valence electrons. The summed E-state index contributed by atoms with van der Waals surface area (Å²) >= 11 is 5.76. The van der Waals surface area contributed by atoms with E-state index in [1.54, 1.807) is 37.3 Å². The molecule has 1 aromatic rings. The van der Waals surface area contributed by atoms with Crippen molar-refractivity contribution in [2.45, 2.75) is 18.9 Å². The molecule has 0 radical (unpaired) electrons. The highest BCUT2D eigenvalue weighted by Gasteiger charge is 2.27. The normalized spacial score (nSPS) is 11.8. The van der Waals surface area contributed by atoms with Gasteiger partial charge in [-0.2, -0.15) is 0 Å². The molecule has 19 heavy (non-hydrogen) atoms. The van der Waals surface area contributed by atoms with Gasteiger partial charge in [0.1, 0.15) is 0 Å². The smallest absolute Gasteiger partial charge is 0.244 e. The van der Waals surface area contributed by atoms with E-state index < -0.39 is 5.54 Å². The molecule has 1 amide bonds. The van der Waals surface area contributed by atoms with E-state index in [1.807, 2.05) is 0 Å². The van der Waals surface area contributed by atoms with E-state index in [1.165, 1.54) is 6.08 Å². The van der Waals surface area contributed by atoms with E-state index in [0.29, 0.717) is 11.4 Å². The van der Waals surface area contributed by atoms with Crippen LogP contribution in [-0.2, 0) is 4.79 Å². The zero-order valence-electron chi connectivity index (χ0n) is 10.8. The molecule has 1 rings (SSSR count). The van der Waals surface area contributed by atoms with E-state index in [-0.39, 0.29) is 19.1 Å². The predicted molar refractivity (Wildman–Crippen MR) is 75.8 cm³/mol. The highest BCUT2D eigenvalue weighted by Crippen LogP contribution is 2.11. The second kappa shape index (κ2) is 7.28. The van der Waals surface area contributed by atoms with Crippen LogP contribution >= 0.6 is 11.6 Å². The molecule has 0 atom stereocenters. The van der Waals surface area contributed by atoms with Crippen molar-refractivity contribution in [1.29, 1.82) is 0 Å². The maximum atomic E-state index is 11.7. The summed E-state index contributed by atoms with van der Waals surface area (Å²) in [5.74, 6) is -0.361. The highest BCUT2D eigenvalue weighted by molar-refractivity contribution is 6.30. The highest BCUT2D eigenvalue weighted by atomic mass is 35.5. The summed E-state index contributed by atoms with van der Waals surface area (Å²) in [6.07, 6.45) is 3.44. The molecule has 0 aliphatic heterocycles. The first-order chi connectivity index (χ1) is 9.05. The summed E-state index contributed by atoms with van der Waals surface area (Å²) in [6.45, 7) is 1.18. The minimum absolute atomic E-state index is 0.305. The molecule has 0 fully saturated rings. The number of amides is 1. The number of halogens is 1. The van der Waals surface area contributed by atoms with E-state index in [4.69, 9.17) is 11.6 Å². The van der Waals surface area contributed by atoms with Crippen LogP contribution in [-0.4, -0.2) is 34.9 Å². The molecule has 3 N–H and O–H groups in total. The molecular formula is C14H18ClNO3. The van der Waals surface area contributed by atoms with Gasteiger partial charge < -0.3 is 15.5 Å². The van der Waals surface area contributed by atoms with Gasteiger partial charge in [0.05, 0.1) is 18.8 Å². The molecule has 4 nitrogen and oxygen atoms in total. The lowest BCUT2D eigenvalue weighted by atomic mass is 9.98. The van der Waals surface area contributed by atoms with Gasteiger partial charge in [-0.15, -0.1) is 0 Å². The summed E-state index contributed by atoms with van der Waals surface area (Å²) in [4.78, 5) is 11.7. The number of rotatable bonds is 6. The van der Waals surface area contributed by atoms with Crippen molar-refractivity contribution in [1.82, 2.24) is 5.32 Å². The van der Waals surface area contributed by atoms with E-state index in [0.717, 1.165) is 5.56 Å². The quantitative estimate of drug-likeness (QED) is 0.695. The van der Waals surface area contributed by atoms with Gasteiger partial charge in [0.25, 0.3) is 0 Å². The predicted octanol–water partition coefficient (Wildman–Crippen LogP) is 1.60. The fraction of sp³-hybridized carbons (Fsp3) is 0.357. The Labute approximate surface area is 117 Å². The molecule has 0 bridgehead atoms. The third-order valence-electron chi connectivity index (χ3n) is 2.97. The molecule has 0 aliphatic rings. The van der Waals surface area contributed by atoms with Crippen molar-refractivity contribution >= 4 is 23.6 Å². The Hall–Kier alpha value is -1.36. The zero-order valence-corrected chi connectivity index (χ0v) is 11.5. The Kier molecular flexibility index (Phi) is 6.02. The first-order valence-corrected chi connectivity index (χ1v) is 6.40. The maximum Gasteiger partial charge on any atom is 0.244 e. The van der Waals surface area contributed by atoms with Crippen LogP contribution in [0.5, 0.6) is 0 Å². The summed E-state index contributed by atoms with van der Waals surface area (Å²) < 4.78 is 0. The van der Waals surface area contributed by atoms with Crippen LogP contribution in [0.15, 0.2) is 30.3 Å². The van der Waals surface area contributed by atoms with Gasteiger partial charge in [0.2, 0.25) is 5.91 Å². The van der Waals surface area contributed by atoms with Gasteiger partial charge in [0, 0.05) is 11.1 Å². The topological polar surface area (TPSA) is 69.6 Å². The van der Waals surface area contributed by atoms with E-state index in [9.17, 15) is 15.0 Å². The molecular weight excluding hydrogens is 266 g/mol. The lowest BCUT2D eigenvalue weighted by Crippen LogP contribution is -2.53. The average Bonchev–Trinajstić information content (AvgIpc) is 2.44. The Morgan fingerprint density at radius 3 is 2.37 bits per heavy atom. The molecule has 0 aromatic heterocycles. The van der Waals surface area contributed by atoms with Gasteiger partial charge in [-0.3, -0.25) is 4.79 Å². The monoisotopic (exact) mass is 283 g/mol. The molecule has 0 heterocycles. The van der Waals surface area contributed by atoms with Gasteiger partial charge in [-0.25, -0.2) is 0 Å². The first-order valence-electron chi connectivity index (χ1n) is 6.03. The number of carbonyl (C=O) groups is 1. The van der Waals surface area contributed by atoms with Crippen molar-refractivity contribution in [2.75, 3.05) is 13.2 Å².